The molecule has 1 atom stereocenters. The molecule has 0 aromatic heterocycles. The molecule has 1 N–H and O–H groups in total. The van der Waals surface area contributed by atoms with Gasteiger partial charge in [0.25, 0.3) is 0 Å². The lowest BCUT2D eigenvalue weighted by Gasteiger charge is -2.13. The minimum absolute atomic E-state index is 0.838. The van der Waals surface area contributed by atoms with Gasteiger partial charge >= 0.3 is 0 Å². The number of rotatable bonds is 4. The van der Waals surface area contributed by atoms with Crippen molar-refractivity contribution >= 4 is 0 Å². The average Bonchev–Trinajstić information content (AvgIpc) is 2.70. The van der Waals surface area contributed by atoms with Gasteiger partial charge in [-0.05, 0) is 63.0 Å². The average molecular weight is 232 g/mol. The van der Waals surface area contributed by atoms with E-state index in [1.54, 1.807) is 0 Å². The van der Waals surface area contributed by atoms with E-state index in [4.69, 9.17) is 0 Å². The van der Waals surface area contributed by atoms with E-state index in [9.17, 15) is 0 Å². The molecule has 1 aliphatic rings. The van der Waals surface area contributed by atoms with Crippen molar-refractivity contribution in [2.75, 3.05) is 26.7 Å². The Morgan fingerprint density at radius 3 is 2.88 bits per heavy atom. The van der Waals surface area contributed by atoms with Crippen LogP contribution in [0.3, 0.4) is 0 Å². The maximum atomic E-state index is 3.61. The van der Waals surface area contributed by atoms with Crippen LogP contribution in [-0.4, -0.2) is 31.6 Å². The van der Waals surface area contributed by atoms with Crippen LogP contribution in [0.2, 0.25) is 0 Å². The summed E-state index contributed by atoms with van der Waals surface area (Å²) in [6.45, 7) is 9.07. The van der Waals surface area contributed by atoms with Crippen LogP contribution in [-0.2, 0) is 6.54 Å². The summed E-state index contributed by atoms with van der Waals surface area (Å²) in [4.78, 5) is 2.42. The van der Waals surface area contributed by atoms with Crippen LogP contribution in [0.5, 0.6) is 0 Å². The number of benzene rings is 1. The minimum Gasteiger partial charge on any atom is -0.312 e. The van der Waals surface area contributed by atoms with Gasteiger partial charge in [-0.2, -0.15) is 0 Å². The maximum absolute atomic E-state index is 3.61. The lowest BCUT2D eigenvalue weighted by molar-refractivity contribution is 0.388. The predicted molar refractivity (Wildman–Crippen MR) is 73.2 cm³/mol. The Kier molecular flexibility index (Phi) is 4.19. The number of hydrogen-bond donors (Lipinski definition) is 1. The number of aryl methyl sites for hydroxylation is 1. The molecule has 1 aromatic carbocycles. The molecule has 2 rings (SSSR count). The molecule has 2 nitrogen and oxygen atoms in total. The summed E-state index contributed by atoms with van der Waals surface area (Å²) in [6, 6.07) is 6.57. The molecule has 0 spiro atoms. The summed E-state index contributed by atoms with van der Waals surface area (Å²) in [5.74, 6) is 0.838. The first-order valence-corrected chi connectivity index (χ1v) is 6.61. The summed E-state index contributed by atoms with van der Waals surface area (Å²) < 4.78 is 0. The van der Waals surface area contributed by atoms with Crippen molar-refractivity contribution in [2.24, 2.45) is 5.92 Å². The molecule has 1 heterocycles. The Morgan fingerprint density at radius 2 is 2.18 bits per heavy atom. The fraction of sp³-hybridized carbons (Fsp3) is 0.600. The van der Waals surface area contributed by atoms with Gasteiger partial charge in [0.1, 0.15) is 0 Å². The Balaban J connectivity index is 1.80. The van der Waals surface area contributed by atoms with E-state index >= 15 is 0 Å². The minimum atomic E-state index is 0.838. The van der Waals surface area contributed by atoms with E-state index in [1.165, 1.54) is 36.2 Å². The third kappa shape index (κ3) is 3.30. The van der Waals surface area contributed by atoms with Crippen molar-refractivity contribution in [3.63, 3.8) is 0 Å². The number of nitrogens with zero attached hydrogens (tertiary/aromatic N) is 1. The fourth-order valence-corrected chi connectivity index (χ4v) is 2.61. The van der Waals surface area contributed by atoms with Gasteiger partial charge in [0.15, 0.2) is 0 Å². The molecule has 17 heavy (non-hydrogen) atoms. The Bertz CT molecular complexity index is 373. The van der Waals surface area contributed by atoms with Gasteiger partial charge < -0.3 is 10.2 Å². The molecule has 1 unspecified atom stereocenters. The second-order valence-electron chi connectivity index (χ2n) is 5.41. The monoisotopic (exact) mass is 232 g/mol. The molecule has 1 aromatic rings. The molecule has 0 saturated carbocycles. The molecule has 0 aliphatic carbocycles. The largest absolute Gasteiger partial charge is 0.312 e. The highest BCUT2D eigenvalue weighted by Gasteiger charge is 2.18. The Morgan fingerprint density at radius 1 is 1.35 bits per heavy atom. The van der Waals surface area contributed by atoms with E-state index in [0.29, 0.717) is 0 Å². The Labute approximate surface area is 105 Å². The third-order valence-corrected chi connectivity index (χ3v) is 3.95. The maximum Gasteiger partial charge on any atom is 0.0208 e. The standard InChI is InChI=1S/C15H24N2/c1-12-5-4-6-15(13(12)2)10-16-9-14-7-8-17(3)11-14/h4-6,14,16H,7-11H2,1-3H3. The van der Waals surface area contributed by atoms with E-state index in [2.05, 4.69) is 49.3 Å². The molecule has 1 fully saturated rings. The summed E-state index contributed by atoms with van der Waals surface area (Å²) in [5.41, 5.74) is 4.27. The quantitative estimate of drug-likeness (QED) is 0.857. The van der Waals surface area contributed by atoms with Crippen molar-refractivity contribution in [1.82, 2.24) is 10.2 Å². The first-order valence-electron chi connectivity index (χ1n) is 6.61. The summed E-state index contributed by atoms with van der Waals surface area (Å²) in [5, 5.41) is 3.61. The van der Waals surface area contributed by atoms with Crippen molar-refractivity contribution in [1.29, 1.82) is 0 Å². The first kappa shape index (κ1) is 12.6. The van der Waals surface area contributed by atoms with Crippen molar-refractivity contribution in [2.45, 2.75) is 26.8 Å². The summed E-state index contributed by atoms with van der Waals surface area (Å²) in [6.07, 6.45) is 1.34. The molecule has 1 saturated heterocycles. The van der Waals surface area contributed by atoms with E-state index in [-0.39, 0.29) is 0 Å². The zero-order valence-corrected chi connectivity index (χ0v) is 11.3. The van der Waals surface area contributed by atoms with Crippen molar-refractivity contribution < 1.29 is 0 Å². The lowest BCUT2D eigenvalue weighted by atomic mass is 10.0. The fourth-order valence-electron chi connectivity index (χ4n) is 2.61. The van der Waals surface area contributed by atoms with E-state index < -0.39 is 0 Å². The van der Waals surface area contributed by atoms with Gasteiger partial charge in [-0.15, -0.1) is 0 Å². The molecular weight excluding hydrogens is 208 g/mol. The highest BCUT2D eigenvalue weighted by Crippen LogP contribution is 2.15. The van der Waals surface area contributed by atoms with Crippen LogP contribution in [0.25, 0.3) is 0 Å². The summed E-state index contributed by atoms with van der Waals surface area (Å²) >= 11 is 0. The van der Waals surface area contributed by atoms with Crippen LogP contribution in [0.4, 0.5) is 0 Å². The van der Waals surface area contributed by atoms with Gasteiger partial charge in [0, 0.05) is 13.1 Å². The highest BCUT2D eigenvalue weighted by atomic mass is 15.1. The van der Waals surface area contributed by atoms with Gasteiger partial charge in [0.05, 0.1) is 0 Å². The molecule has 1 aliphatic heterocycles. The van der Waals surface area contributed by atoms with Crippen LogP contribution >= 0.6 is 0 Å². The third-order valence-electron chi connectivity index (χ3n) is 3.95. The SMILES string of the molecule is Cc1cccc(CNCC2CCN(C)C2)c1C. The van der Waals surface area contributed by atoms with Crippen LogP contribution in [0, 0.1) is 19.8 Å². The van der Waals surface area contributed by atoms with Gasteiger partial charge in [0.2, 0.25) is 0 Å². The van der Waals surface area contributed by atoms with E-state index in [0.717, 1.165) is 19.0 Å². The molecule has 0 amide bonds. The number of nitrogens with one attached hydrogen (secondary N) is 1. The molecular formula is C15H24N2. The first-order chi connectivity index (χ1) is 8.16. The van der Waals surface area contributed by atoms with Crippen molar-refractivity contribution in [3.05, 3.63) is 34.9 Å². The second-order valence-corrected chi connectivity index (χ2v) is 5.41. The molecule has 0 radical (unpaired) electrons. The molecule has 0 bridgehead atoms. The normalized spacial score (nSPS) is 21.0. The topological polar surface area (TPSA) is 15.3 Å². The van der Waals surface area contributed by atoms with Gasteiger partial charge in [-0.3, -0.25) is 0 Å². The second kappa shape index (κ2) is 5.65. The van der Waals surface area contributed by atoms with Crippen LogP contribution in [0.15, 0.2) is 18.2 Å². The van der Waals surface area contributed by atoms with Crippen molar-refractivity contribution in [3.8, 4) is 0 Å². The zero-order valence-electron chi connectivity index (χ0n) is 11.3. The highest BCUT2D eigenvalue weighted by molar-refractivity contribution is 5.32. The van der Waals surface area contributed by atoms with E-state index in [1.807, 2.05) is 0 Å². The number of likely N-dealkylation sites (tertiary alicyclic amines) is 1. The smallest absolute Gasteiger partial charge is 0.0208 e. The zero-order chi connectivity index (χ0) is 12.3. The Hall–Kier alpha value is -0.860. The van der Waals surface area contributed by atoms with Crippen LogP contribution in [0.1, 0.15) is 23.1 Å². The predicted octanol–water partition coefficient (Wildman–Crippen LogP) is 2.34. The van der Waals surface area contributed by atoms with Gasteiger partial charge in [-0.1, -0.05) is 18.2 Å². The van der Waals surface area contributed by atoms with Gasteiger partial charge in [-0.25, -0.2) is 0 Å². The van der Waals surface area contributed by atoms with Crippen LogP contribution < -0.4 is 5.32 Å². The molecule has 94 valence electrons. The lowest BCUT2D eigenvalue weighted by Crippen LogP contribution is -2.25. The summed E-state index contributed by atoms with van der Waals surface area (Å²) in [7, 11) is 2.21. The number of hydrogen-bond acceptors (Lipinski definition) is 2. The molecule has 2 heteroatoms.